The standard InChI is InChI=1S/C15H11F3N2O/c1-10-6-11(7-19)2-3-12(10)8-20-5-4-13(9-20)14(21)15(16,17)18/h2-6,9H,8H2,1H3. The Morgan fingerprint density at radius 2 is 2.05 bits per heavy atom. The average Bonchev–Trinajstić information content (AvgIpc) is 2.87. The van der Waals surface area contributed by atoms with E-state index in [-0.39, 0.29) is 5.56 Å². The number of carbonyl (C=O) groups is 1. The zero-order valence-corrected chi connectivity index (χ0v) is 11.1. The van der Waals surface area contributed by atoms with Crippen LogP contribution in [0.4, 0.5) is 13.2 Å². The highest BCUT2D eigenvalue weighted by Crippen LogP contribution is 2.22. The molecule has 21 heavy (non-hydrogen) atoms. The molecule has 0 fully saturated rings. The summed E-state index contributed by atoms with van der Waals surface area (Å²) in [6.45, 7) is 2.16. The van der Waals surface area contributed by atoms with Gasteiger partial charge in [-0.15, -0.1) is 0 Å². The second-order valence-corrected chi connectivity index (χ2v) is 4.65. The summed E-state index contributed by atoms with van der Waals surface area (Å²) in [7, 11) is 0. The maximum Gasteiger partial charge on any atom is 0.454 e. The molecule has 0 atom stereocenters. The molecule has 0 amide bonds. The van der Waals surface area contributed by atoms with Crippen LogP contribution in [0.25, 0.3) is 0 Å². The zero-order valence-electron chi connectivity index (χ0n) is 11.1. The lowest BCUT2D eigenvalue weighted by molar-refractivity contribution is -0.0885. The van der Waals surface area contributed by atoms with E-state index in [1.165, 1.54) is 17.0 Å². The molecule has 0 aliphatic rings. The van der Waals surface area contributed by atoms with E-state index in [9.17, 15) is 18.0 Å². The van der Waals surface area contributed by atoms with Crippen molar-refractivity contribution in [2.24, 2.45) is 0 Å². The zero-order chi connectivity index (χ0) is 15.6. The lowest BCUT2D eigenvalue weighted by Gasteiger charge is -2.07. The number of hydrogen-bond acceptors (Lipinski definition) is 2. The lowest BCUT2D eigenvalue weighted by atomic mass is 10.1. The number of hydrogen-bond donors (Lipinski definition) is 0. The van der Waals surface area contributed by atoms with Crippen LogP contribution < -0.4 is 0 Å². The minimum absolute atomic E-state index is 0.336. The van der Waals surface area contributed by atoms with Crippen molar-refractivity contribution >= 4 is 5.78 Å². The molecule has 0 radical (unpaired) electrons. The van der Waals surface area contributed by atoms with E-state index in [0.29, 0.717) is 12.1 Å². The van der Waals surface area contributed by atoms with Gasteiger partial charge in [0.15, 0.2) is 0 Å². The molecule has 0 aliphatic heterocycles. The summed E-state index contributed by atoms with van der Waals surface area (Å²) in [4.78, 5) is 11.1. The third-order valence-electron chi connectivity index (χ3n) is 3.09. The first kappa shape index (κ1) is 14.9. The summed E-state index contributed by atoms with van der Waals surface area (Å²) < 4.78 is 38.5. The summed E-state index contributed by atoms with van der Waals surface area (Å²) in [5, 5.41) is 8.78. The molecule has 1 aromatic heterocycles. The third-order valence-corrected chi connectivity index (χ3v) is 3.09. The van der Waals surface area contributed by atoms with E-state index < -0.39 is 12.0 Å². The van der Waals surface area contributed by atoms with Crippen molar-refractivity contribution in [2.75, 3.05) is 0 Å². The monoisotopic (exact) mass is 292 g/mol. The first-order chi connectivity index (χ1) is 9.81. The number of aromatic nitrogens is 1. The highest BCUT2D eigenvalue weighted by atomic mass is 19.4. The number of Topliss-reactive ketones (excluding diaryl/α,β-unsaturated/α-hetero) is 1. The minimum atomic E-state index is -4.86. The predicted molar refractivity (Wildman–Crippen MR) is 69.8 cm³/mol. The Balaban J connectivity index is 2.21. The van der Waals surface area contributed by atoms with Crippen molar-refractivity contribution in [1.29, 1.82) is 5.26 Å². The van der Waals surface area contributed by atoms with Crippen molar-refractivity contribution in [1.82, 2.24) is 4.57 Å². The largest absolute Gasteiger partial charge is 0.454 e. The Kier molecular flexibility index (Phi) is 3.85. The Morgan fingerprint density at radius 1 is 1.33 bits per heavy atom. The van der Waals surface area contributed by atoms with Gasteiger partial charge in [0, 0.05) is 24.5 Å². The van der Waals surface area contributed by atoms with Crippen LogP contribution in [-0.2, 0) is 6.54 Å². The molecule has 2 rings (SSSR count). The molecule has 3 nitrogen and oxygen atoms in total. The van der Waals surface area contributed by atoms with Crippen LogP contribution in [0, 0.1) is 18.3 Å². The van der Waals surface area contributed by atoms with E-state index in [2.05, 4.69) is 0 Å². The van der Waals surface area contributed by atoms with Gasteiger partial charge in [-0.25, -0.2) is 0 Å². The van der Waals surface area contributed by atoms with Gasteiger partial charge in [-0.3, -0.25) is 4.79 Å². The lowest BCUT2D eigenvalue weighted by Crippen LogP contribution is -2.22. The Morgan fingerprint density at radius 3 is 2.62 bits per heavy atom. The number of carbonyl (C=O) groups excluding carboxylic acids is 1. The first-order valence-corrected chi connectivity index (χ1v) is 6.08. The van der Waals surface area contributed by atoms with Crippen LogP contribution in [0.1, 0.15) is 27.0 Å². The average molecular weight is 292 g/mol. The number of rotatable bonds is 3. The Labute approximate surface area is 119 Å². The molecule has 0 spiro atoms. The van der Waals surface area contributed by atoms with Gasteiger partial charge in [-0.1, -0.05) is 6.07 Å². The molecule has 0 N–H and O–H groups in total. The van der Waals surface area contributed by atoms with Crippen LogP contribution in [0.5, 0.6) is 0 Å². The second kappa shape index (κ2) is 5.44. The molecule has 6 heteroatoms. The first-order valence-electron chi connectivity index (χ1n) is 6.08. The summed E-state index contributed by atoms with van der Waals surface area (Å²) in [6, 6.07) is 8.27. The summed E-state index contributed by atoms with van der Waals surface area (Å²) in [5.41, 5.74) is 1.88. The molecule has 0 saturated carbocycles. The number of halogens is 3. The number of ketones is 1. The highest BCUT2D eigenvalue weighted by Gasteiger charge is 2.39. The highest BCUT2D eigenvalue weighted by molar-refractivity contribution is 6.00. The molecular formula is C15H11F3N2O. The van der Waals surface area contributed by atoms with Crippen LogP contribution in [0.2, 0.25) is 0 Å². The molecular weight excluding hydrogens is 281 g/mol. The molecule has 0 unspecified atom stereocenters. The summed E-state index contributed by atoms with van der Waals surface area (Å²) in [5.74, 6) is -1.85. The number of alkyl halides is 3. The van der Waals surface area contributed by atoms with Gasteiger partial charge in [0.1, 0.15) is 0 Å². The summed E-state index contributed by atoms with van der Waals surface area (Å²) >= 11 is 0. The number of nitriles is 1. The van der Waals surface area contributed by atoms with Gasteiger partial charge < -0.3 is 4.57 Å². The van der Waals surface area contributed by atoms with Crippen molar-refractivity contribution < 1.29 is 18.0 Å². The van der Waals surface area contributed by atoms with E-state index in [1.54, 1.807) is 18.2 Å². The van der Waals surface area contributed by atoms with Gasteiger partial charge in [0.2, 0.25) is 0 Å². The van der Waals surface area contributed by atoms with Crippen molar-refractivity contribution in [2.45, 2.75) is 19.6 Å². The van der Waals surface area contributed by atoms with Gasteiger partial charge >= 0.3 is 6.18 Å². The fourth-order valence-electron chi connectivity index (χ4n) is 1.98. The SMILES string of the molecule is Cc1cc(C#N)ccc1Cn1ccc(C(=O)C(F)(F)F)c1. The van der Waals surface area contributed by atoms with Gasteiger partial charge in [-0.2, -0.15) is 18.4 Å². The quantitative estimate of drug-likeness (QED) is 0.813. The Bertz CT molecular complexity index is 723. The molecule has 0 saturated heterocycles. The fraction of sp³-hybridized carbons (Fsp3) is 0.200. The van der Waals surface area contributed by atoms with E-state index >= 15 is 0 Å². The Hall–Kier alpha value is -2.55. The maximum absolute atomic E-state index is 12.3. The molecule has 1 heterocycles. The third kappa shape index (κ3) is 3.31. The van der Waals surface area contributed by atoms with Crippen LogP contribution in [-0.4, -0.2) is 16.5 Å². The minimum Gasteiger partial charge on any atom is -0.349 e. The van der Waals surface area contributed by atoms with Crippen LogP contribution >= 0.6 is 0 Å². The molecule has 2 aromatic rings. The van der Waals surface area contributed by atoms with Gasteiger partial charge in [0.05, 0.1) is 11.6 Å². The van der Waals surface area contributed by atoms with E-state index in [1.807, 2.05) is 13.0 Å². The van der Waals surface area contributed by atoms with Crippen LogP contribution in [0.15, 0.2) is 36.7 Å². The smallest absolute Gasteiger partial charge is 0.349 e. The normalized spacial score (nSPS) is 11.2. The van der Waals surface area contributed by atoms with Crippen molar-refractivity contribution in [3.63, 3.8) is 0 Å². The van der Waals surface area contributed by atoms with Gasteiger partial charge in [-0.05, 0) is 36.2 Å². The predicted octanol–water partition coefficient (Wildman–Crippen LogP) is 3.46. The van der Waals surface area contributed by atoms with Crippen LogP contribution in [0.3, 0.4) is 0 Å². The van der Waals surface area contributed by atoms with E-state index in [4.69, 9.17) is 5.26 Å². The van der Waals surface area contributed by atoms with Gasteiger partial charge in [0.25, 0.3) is 5.78 Å². The summed E-state index contributed by atoms with van der Waals surface area (Å²) in [6.07, 6.45) is -2.26. The number of aryl methyl sites for hydroxylation is 1. The molecule has 1 aromatic carbocycles. The van der Waals surface area contributed by atoms with Crippen molar-refractivity contribution in [3.05, 3.63) is 58.9 Å². The maximum atomic E-state index is 12.3. The second-order valence-electron chi connectivity index (χ2n) is 4.65. The fourth-order valence-corrected chi connectivity index (χ4v) is 1.98. The number of benzene rings is 1. The molecule has 0 aliphatic carbocycles. The molecule has 0 bridgehead atoms. The van der Waals surface area contributed by atoms with Crippen molar-refractivity contribution in [3.8, 4) is 6.07 Å². The number of nitrogens with zero attached hydrogens (tertiary/aromatic N) is 2. The molecule has 108 valence electrons. The topological polar surface area (TPSA) is 45.8 Å². The van der Waals surface area contributed by atoms with E-state index in [0.717, 1.165) is 17.2 Å².